The molecular formula is C13H18FNO2. The summed E-state index contributed by atoms with van der Waals surface area (Å²) in [5.74, 6) is -1.72. The molecule has 1 aliphatic rings. The summed E-state index contributed by atoms with van der Waals surface area (Å²) in [5, 5.41) is 13.8. The van der Waals surface area contributed by atoms with E-state index in [-0.39, 0.29) is 17.4 Å². The Bertz CT molecular complexity index is 404. The largest absolute Gasteiger partial charge is 0.361 e. The second kappa shape index (κ2) is 4.05. The molecule has 0 bridgehead atoms. The van der Waals surface area contributed by atoms with Gasteiger partial charge in [-0.05, 0) is 32.9 Å². The maximum absolute atomic E-state index is 12.9. The van der Waals surface area contributed by atoms with Gasteiger partial charge in [-0.15, -0.1) is 0 Å². The van der Waals surface area contributed by atoms with Crippen LogP contribution in [0.25, 0.3) is 0 Å². The van der Waals surface area contributed by atoms with Gasteiger partial charge in [0.05, 0.1) is 12.6 Å². The monoisotopic (exact) mass is 239 g/mol. The molecule has 3 nitrogen and oxygen atoms in total. The predicted octanol–water partition coefficient (Wildman–Crippen LogP) is 1.76. The minimum atomic E-state index is -1.40. The highest BCUT2D eigenvalue weighted by Crippen LogP contribution is 2.32. The van der Waals surface area contributed by atoms with Crippen LogP contribution in [0.15, 0.2) is 24.3 Å². The van der Waals surface area contributed by atoms with Gasteiger partial charge in [0, 0.05) is 11.1 Å². The number of morpholine rings is 1. The van der Waals surface area contributed by atoms with Gasteiger partial charge in [0.15, 0.2) is 0 Å². The average molecular weight is 239 g/mol. The molecule has 0 radical (unpaired) electrons. The Morgan fingerprint density at radius 2 is 1.94 bits per heavy atom. The third-order valence-corrected chi connectivity index (χ3v) is 3.11. The maximum atomic E-state index is 12.9. The lowest BCUT2D eigenvalue weighted by Gasteiger charge is -2.46. The van der Waals surface area contributed by atoms with Crippen LogP contribution in [0.2, 0.25) is 0 Å². The number of nitrogens with one attached hydrogen (secondary N) is 1. The molecule has 1 aromatic rings. The van der Waals surface area contributed by atoms with E-state index in [1.165, 1.54) is 12.1 Å². The zero-order valence-corrected chi connectivity index (χ0v) is 10.3. The fourth-order valence-electron chi connectivity index (χ4n) is 2.16. The summed E-state index contributed by atoms with van der Waals surface area (Å²) < 4.78 is 18.5. The van der Waals surface area contributed by atoms with Gasteiger partial charge in [-0.25, -0.2) is 4.39 Å². The van der Waals surface area contributed by atoms with Crippen LogP contribution in [-0.2, 0) is 10.5 Å². The first kappa shape index (κ1) is 12.5. The third-order valence-electron chi connectivity index (χ3n) is 3.11. The highest BCUT2D eigenvalue weighted by molar-refractivity contribution is 5.23. The van der Waals surface area contributed by atoms with E-state index in [9.17, 15) is 9.50 Å². The smallest absolute Gasteiger partial charge is 0.208 e. The van der Waals surface area contributed by atoms with Crippen LogP contribution in [-0.4, -0.2) is 23.3 Å². The van der Waals surface area contributed by atoms with Crippen LogP contribution in [0.4, 0.5) is 4.39 Å². The van der Waals surface area contributed by atoms with E-state index in [0.717, 1.165) is 0 Å². The molecule has 2 atom stereocenters. The van der Waals surface area contributed by atoms with Crippen LogP contribution >= 0.6 is 0 Å². The van der Waals surface area contributed by atoms with E-state index >= 15 is 0 Å². The van der Waals surface area contributed by atoms with E-state index in [0.29, 0.717) is 12.2 Å². The molecule has 94 valence electrons. The maximum Gasteiger partial charge on any atom is 0.208 e. The fourth-order valence-corrected chi connectivity index (χ4v) is 2.16. The summed E-state index contributed by atoms with van der Waals surface area (Å²) in [4.78, 5) is 0. The van der Waals surface area contributed by atoms with E-state index < -0.39 is 5.79 Å². The van der Waals surface area contributed by atoms with Gasteiger partial charge in [-0.2, -0.15) is 0 Å². The number of hydrogen-bond acceptors (Lipinski definition) is 3. The van der Waals surface area contributed by atoms with Gasteiger partial charge >= 0.3 is 0 Å². The molecule has 0 amide bonds. The first-order valence-electron chi connectivity index (χ1n) is 5.74. The molecule has 1 fully saturated rings. The zero-order chi connectivity index (χ0) is 12.7. The Balaban J connectivity index is 2.28. The Morgan fingerprint density at radius 1 is 1.35 bits per heavy atom. The number of benzene rings is 1. The van der Waals surface area contributed by atoms with Gasteiger partial charge in [0.1, 0.15) is 5.82 Å². The van der Waals surface area contributed by atoms with E-state index in [1.807, 2.05) is 20.8 Å². The molecule has 2 rings (SSSR count). The quantitative estimate of drug-likeness (QED) is 0.784. The number of halogens is 1. The lowest BCUT2D eigenvalue weighted by Crippen LogP contribution is -2.63. The number of rotatable bonds is 1. The van der Waals surface area contributed by atoms with Crippen molar-refractivity contribution in [3.63, 3.8) is 0 Å². The number of aliphatic hydroxyl groups is 1. The van der Waals surface area contributed by atoms with Gasteiger partial charge in [-0.3, -0.25) is 0 Å². The average Bonchev–Trinajstić information content (AvgIpc) is 2.25. The van der Waals surface area contributed by atoms with Crippen molar-refractivity contribution in [2.24, 2.45) is 0 Å². The van der Waals surface area contributed by atoms with Crippen molar-refractivity contribution < 1.29 is 14.2 Å². The molecule has 17 heavy (non-hydrogen) atoms. The van der Waals surface area contributed by atoms with Crippen molar-refractivity contribution in [3.8, 4) is 0 Å². The number of ether oxygens (including phenoxy) is 1. The van der Waals surface area contributed by atoms with Gasteiger partial charge in [-0.1, -0.05) is 12.1 Å². The Labute approximate surface area is 101 Å². The van der Waals surface area contributed by atoms with Crippen LogP contribution in [0.5, 0.6) is 0 Å². The lowest BCUT2D eigenvalue weighted by molar-refractivity contribution is -0.263. The molecule has 2 unspecified atom stereocenters. The molecule has 1 heterocycles. The van der Waals surface area contributed by atoms with Crippen LogP contribution in [0, 0.1) is 5.82 Å². The summed E-state index contributed by atoms with van der Waals surface area (Å²) in [6.07, 6.45) is 0. The number of hydrogen-bond donors (Lipinski definition) is 2. The third kappa shape index (κ3) is 2.34. The molecule has 2 N–H and O–H groups in total. The molecule has 0 aromatic heterocycles. The summed E-state index contributed by atoms with van der Waals surface area (Å²) in [6.45, 7) is 6.26. The Morgan fingerprint density at radius 3 is 2.47 bits per heavy atom. The second-order valence-corrected chi connectivity index (χ2v) is 5.24. The lowest BCUT2D eigenvalue weighted by atomic mass is 9.92. The van der Waals surface area contributed by atoms with Crippen molar-refractivity contribution in [2.75, 3.05) is 6.61 Å². The fraction of sp³-hybridized carbons (Fsp3) is 0.538. The van der Waals surface area contributed by atoms with Crippen molar-refractivity contribution in [3.05, 3.63) is 35.6 Å². The molecule has 1 aliphatic heterocycles. The Kier molecular flexibility index (Phi) is 2.97. The van der Waals surface area contributed by atoms with E-state index in [2.05, 4.69) is 5.32 Å². The van der Waals surface area contributed by atoms with Crippen molar-refractivity contribution in [2.45, 2.75) is 38.1 Å². The molecule has 0 spiro atoms. The van der Waals surface area contributed by atoms with Crippen LogP contribution < -0.4 is 5.32 Å². The normalized spacial score (nSPS) is 32.4. The van der Waals surface area contributed by atoms with Crippen LogP contribution in [0.3, 0.4) is 0 Å². The van der Waals surface area contributed by atoms with Crippen molar-refractivity contribution in [1.29, 1.82) is 0 Å². The standard InChI is InChI=1S/C13H18FNO2/c1-9-13(16,17-8-12(2,3)15-9)10-4-6-11(14)7-5-10/h4-7,9,15-16H,8H2,1-3H3. The highest BCUT2D eigenvalue weighted by atomic mass is 19.1. The molecule has 4 heteroatoms. The molecule has 0 aliphatic carbocycles. The van der Waals surface area contributed by atoms with Crippen LogP contribution in [0.1, 0.15) is 26.3 Å². The Hall–Kier alpha value is -0.970. The second-order valence-electron chi connectivity index (χ2n) is 5.24. The molecule has 0 saturated carbocycles. The van der Waals surface area contributed by atoms with Gasteiger partial charge in [0.2, 0.25) is 5.79 Å². The summed E-state index contributed by atoms with van der Waals surface area (Å²) >= 11 is 0. The zero-order valence-electron chi connectivity index (χ0n) is 10.3. The predicted molar refractivity (Wildman–Crippen MR) is 62.9 cm³/mol. The molecule has 1 saturated heterocycles. The summed E-state index contributed by atoms with van der Waals surface area (Å²) in [6, 6.07) is 5.47. The van der Waals surface area contributed by atoms with Crippen molar-refractivity contribution >= 4 is 0 Å². The van der Waals surface area contributed by atoms with Crippen molar-refractivity contribution in [1.82, 2.24) is 5.32 Å². The van der Waals surface area contributed by atoms with E-state index in [1.54, 1.807) is 12.1 Å². The highest BCUT2D eigenvalue weighted by Gasteiger charge is 2.44. The first-order valence-corrected chi connectivity index (χ1v) is 5.74. The topological polar surface area (TPSA) is 41.5 Å². The molecular weight excluding hydrogens is 221 g/mol. The minimum absolute atomic E-state index is 0.175. The molecule has 1 aromatic carbocycles. The van der Waals surface area contributed by atoms with Gasteiger partial charge in [0.25, 0.3) is 0 Å². The summed E-state index contributed by atoms with van der Waals surface area (Å²) in [5.41, 5.74) is 0.389. The summed E-state index contributed by atoms with van der Waals surface area (Å²) in [7, 11) is 0. The van der Waals surface area contributed by atoms with Gasteiger partial charge < -0.3 is 15.2 Å². The minimum Gasteiger partial charge on any atom is -0.361 e. The van der Waals surface area contributed by atoms with E-state index in [4.69, 9.17) is 4.74 Å². The first-order chi connectivity index (χ1) is 7.83. The SMILES string of the molecule is CC1NC(C)(C)COC1(O)c1ccc(F)cc1.